The third-order valence-corrected chi connectivity index (χ3v) is 1.61. The number of aliphatic hydroxyl groups is 2. The molecule has 0 spiro atoms. The molecular formula is C9H12NO2. The van der Waals surface area contributed by atoms with E-state index < -0.39 is 6.10 Å². The van der Waals surface area contributed by atoms with Crippen molar-refractivity contribution in [3.8, 4) is 0 Å². The third kappa shape index (κ3) is 2.98. The summed E-state index contributed by atoms with van der Waals surface area (Å²) in [6, 6.07) is 5.46. The molecule has 12 heavy (non-hydrogen) atoms. The number of aliphatic hydroxyl groups excluding tert-OH is 2. The van der Waals surface area contributed by atoms with Crippen LogP contribution in [0.2, 0.25) is 0 Å². The van der Waals surface area contributed by atoms with Crippen LogP contribution in [0.25, 0.3) is 0 Å². The zero-order valence-electron chi connectivity index (χ0n) is 6.77. The van der Waals surface area contributed by atoms with Crippen LogP contribution in [-0.2, 0) is 6.42 Å². The molecule has 0 aliphatic carbocycles. The minimum Gasteiger partial charge on any atom is -0.394 e. The van der Waals surface area contributed by atoms with E-state index in [1.807, 2.05) is 12.1 Å². The maximum Gasteiger partial charge on any atom is 0.0889 e. The largest absolute Gasteiger partial charge is 0.394 e. The van der Waals surface area contributed by atoms with Crippen molar-refractivity contribution >= 4 is 0 Å². The second-order valence-corrected chi connectivity index (χ2v) is 2.63. The second kappa shape index (κ2) is 4.85. The van der Waals surface area contributed by atoms with Crippen molar-refractivity contribution < 1.29 is 10.2 Å². The van der Waals surface area contributed by atoms with E-state index in [0.29, 0.717) is 12.8 Å². The molecule has 1 radical (unpaired) electrons. The number of aryl methyl sites for hydroxylation is 1. The van der Waals surface area contributed by atoms with Gasteiger partial charge < -0.3 is 10.2 Å². The quantitative estimate of drug-likeness (QED) is 0.670. The minimum absolute atomic E-state index is 0.184. The molecule has 0 saturated heterocycles. The summed E-state index contributed by atoms with van der Waals surface area (Å²) >= 11 is 0. The predicted octanol–water partition coefficient (Wildman–Crippen LogP) is 0.168. The maximum atomic E-state index is 9.03. The first-order valence-electron chi connectivity index (χ1n) is 3.94. The number of hydrogen-bond donors (Lipinski definition) is 2. The Kier molecular flexibility index (Phi) is 3.70. The molecule has 0 amide bonds. The van der Waals surface area contributed by atoms with Gasteiger partial charge in [-0.15, -0.1) is 0 Å². The molecule has 1 aromatic rings. The van der Waals surface area contributed by atoms with Crippen molar-refractivity contribution in [1.82, 2.24) is 4.98 Å². The Morgan fingerprint density at radius 2 is 2.42 bits per heavy atom. The van der Waals surface area contributed by atoms with E-state index in [1.165, 1.54) is 0 Å². The fraction of sp³-hybridized carbons (Fsp3) is 0.444. The summed E-state index contributed by atoms with van der Waals surface area (Å²) in [5.41, 5.74) is 0.894. The molecule has 0 bridgehead atoms. The molecule has 0 aliphatic rings. The monoisotopic (exact) mass is 166 g/mol. The van der Waals surface area contributed by atoms with E-state index in [1.54, 1.807) is 6.07 Å². The number of hydrogen-bond acceptors (Lipinski definition) is 3. The molecule has 1 heterocycles. The Labute approximate surface area is 71.7 Å². The van der Waals surface area contributed by atoms with E-state index in [2.05, 4.69) is 11.2 Å². The molecule has 3 nitrogen and oxygen atoms in total. The first kappa shape index (κ1) is 9.16. The molecule has 3 heteroatoms. The van der Waals surface area contributed by atoms with Gasteiger partial charge in [-0.3, -0.25) is 4.98 Å². The van der Waals surface area contributed by atoms with Gasteiger partial charge in [0.1, 0.15) is 0 Å². The second-order valence-electron chi connectivity index (χ2n) is 2.63. The lowest BCUT2D eigenvalue weighted by Gasteiger charge is -2.04. The Bertz CT molecular complexity index is 213. The van der Waals surface area contributed by atoms with Gasteiger partial charge in [-0.05, 0) is 25.0 Å². The van der Waals surface area contributed by atoms with Crippen molar-refractivity contribution in [2.24, 2.45) is 0 Å². The van der Waals surface area contributed by atoms with Gasteiger partial charge in [0.15, 0.2) is 0 Å². The average molecular weight is 166 g/mol. The molecule has 65 valence electrons. The summed E-state index contributed by atoms with van der Waals surface area (Å²) in [4.78, 5) is 3.97. The molecule has 1 aromatic heterocycles. The van der Waals surface area contributed by atoms with E-state index in [4.69, 9.17) is 10.2 Å². The van der Waals surface area contributed by atoms with E-state index in [0.717, 1.165) is 5.69 Å². The van der Waals surface area contributed by atoms with Crippen LogP contribution in [0, 0.1) is 6.20 Å². The highest BCUT2D eigenvalue weighted by Gasteiger charge is 2.02. The summed E-state index contributed by atoms with van der Waals surface area (Å²) in [6.45, 7) is -0.184. The highest BCUT2D eigenvalue weighted by Crippen LogP contribution is 2.00. The van der Waals surface area contributed by atoms with Gasteiger partial charge in [0.25, 0.3) is 0 Å². The Morgan fingerprint density at radius 1 is 1.58 bits per heavy atom. The van der Waals surface area contributed by atoms with Gasteiger partial charge >= 0.3 is 0 Å². The molecule has 0 fully saturated rings. The molecule has 1 atom stereocenters. The summed E-state index contributed by atoms with van der Waals surface area (Å²) < 4.78 is 0. The van der Waals surface area contributed by atoms with E-state index in [9.17, 15) is 0 Å². The normalized spacial score (nSPS) is 12.8. The standard InChI is InChI=1S/C9H12NO2/c11-7-9(12)5-4-8-3-1-2-6-10-8/h1-3,9,11-12H,4-5,7H2. The molecular weight excluding hydrogens is 154 g/mol. The fourth-order valence-electron chi connectivity index (χ4n) is 0.905. The zero-order valence-corrected chi connectivity index (χ0v) is 6.77. The number of rotatable bonds is 4. The highest BCUT2D eigenvalue weighted by molar-refractivity contribution is 5.02. The molecule has 1 unspecified atom stereocenters. The van der Waals surface area contributed by atoms with Gasteiger partial charge in [0.05, 0.1) is 18.9 Å². The third-order valence-electron chi connectivity index (χ3n) is 1.61. The Morgan fingerprint density at radius 3 is 3.00 bits per heavy atom. The molecule has 0 saturated carbocycles. The van der Waals surface area contributed by atoms with Crippen LogP contribution in [0.15, 0.2) is 18.2 Å². The van der Waals surface area contributed by atoms with Crippen LogP contribution in [0.5, 0.6) is 0 Å². The first-order chi connectivity index (χ1) is 5.83. The summed E-state index contributed by atoms with van der Waals surface area (Å²) in [5.74, 6) is 0. The zero-order chi connectivity index (χ0) is 8.81. The van der Waals surface area contributed by atoms with Crippen LogP contribution < -0.4 is 0 Å². The van der Waals surface area contributed by atoms with Crippen molar-refractivity contribution in [3.63, 3.8) is 0 Å². The lowest BCUT2D eigenvalue weighted by Crippen LogP contribution is -2.12. The molecule has 0 aliphatic heterocycles. The van der Waals surface area contributed by atoms with Crippen LogP contribution in [0.3, 0.4) is 0 Å². The lowest BCUT2D eigenvalue weighted by atomic mass is 10.1. The van der Waals surface area contributed by atoms with Gasteiger partial charge in [-0.1, -0.05) is 6.07 Å². The Balaban J connectivity index is 2.33. The van der Waals surface area contributed by atoms with Gasteiger partial charge in [0, 0.05) is 5.69 Å². The lowest BCUT2D eigenvalue weighted by molar-refractivity contribution is 0.0884. The predicted molar refractivity (Wildman–Crippen MR) is 44.5 cm³/mol. The highest BCUT2D eigenvalue weighted by atomic mass is 16.3. The fourth-order valence-corrected chi connectivity index (χ4v) is 0.905. The van der Waals surface area contributed by atoms with Crippen molar-refractivity contribution in [3.05, 3.63) is 30.1 Å². The number of nitrogens with zero attached hydrogens (tertiary/aromatic N) is 1. The number of pyridine rings is 1. The topological polar surface area (TPSA) is 53.4 Å². The number of aromatic nitrogens is 1. The van der Waals surface area contributed by atoms with E-state index >= 15 is 0 Å². The summed E-state index contributed by atoms with van der Waals surface area (Å²) in [5, 5.41) is 17.6. The van der Waals surface area contributed by atoms with Crippen LogP contribution in [0.4, 0.5) is 0 Å². The summed E-state index contributed by atoms with van der Waals surface area (Å²) in [7, 11) is 0. The van der Waals surface area contributed by atoms with Crippen LogP contribution in [0.1, 0.15) is 12.1 Å². The molecule has 0 aromatic carbocycles. The van der Waals surface area contributed by atoms with Crippen molar-refractivity contribution in [2.75, 3.05) is 6.61 Å². The van der Waals surface area contributed by atoms with Crippen LogP contribution in [-0.4, -0.2) is 27.9 Å². The molecule has 2 N–H and O–H groups in total. The molecule has 1 rings (SSSR count). The van der Waals surface area contributed by atoms with Crippen molar-refractivity contribution in [1.29, 1.82) is 0 Å². The first-order valence-corrected chi connectivity index (χ1v) is 3.94. The minimum atomic E-state index is -0.632. The average Bonchev–Trinajstić information content (AvgIpc) is 2.16. The smallest absolute Gasteiger partial charge is 0.0889 e. The summed E-state index contributed by atoms with van der Waals surface area (Å²) in [6.07, 6.45) is 3.30. The van der Waals surface area contributed by atoms with Gasteiger partial charge in [0.2, 0.25) is 0 Å². The van der Waals surface area contributed by atoms with Gasteiger partial charge in [-0.25, -0.2) is 0 Å². The van der Waals surface area contributed by atoms with Crippen LogP contribution >= 0.6 is 0 Å². The SMILES string of the molecule is OCC(O)CCc1ccc[c]n1. The Hall–Kier alpha value is -0.930. The maximum absolute atomic E-state index is 9.03. The van der Waals surface area contributed by atoms with E-state index in [-0.39, 0.29) is 6.61 Å². The van der Waals surface area contributed by atoms with Crippen molar-refractivity contribution in [2.45, 2.75) is 18.9 Å². The van der Waals surface area contributed by atoms with Gasteiger partial charge in [-0.2, -0.15) is 0 Å².